The lowest BCUT2D eigenvalue weighted by Crippen LogP contribution is -2.39. The SMILES string of the molecule is CC(C)N(C)CCNC(=O)c1ccccc1N1CCOCC1. The Morgan fingerprint density at radius 3 is 2.68 bits per heavy atom. The molecule has 1 aromatic carbocycles. The average Bonchev–Trinajstić information content (AvgIpc) is 2.55. The standard InChI is InChI=1S/C17H27N3O2/c1-14(2)19(3)9-8-18-17(21)15-6-4-5-7-16(15)20-10-12-22-13-11-20/h4-7,14H,8-13H2,1-3H3,(H,18,21). The van der Waals surface area contributed by atoms with E-state index in [1.807, 2.05) is 24.3 Å². The number of ether oxygens (including phenoxy) is 1. The molecule has 1 heterocycles. The number of hydrogen-bond acceptors (Lipinski definition) is 4. The fraction of sp³-hybridized carbons (Fsp3) is 0.588. The third-order valence-corrected chi connectivity index (χ3v) is 4.13. The average molecular weight is 305 g/mol. The number of morpholine rings is 1. The molecule has 1 amide bonds. The lowest BCUT2D eigenvalue weighted by atomic mass is 10.1. The predicted octanol–water partition coefficient (Wildman–Crippen LogP) is 1.59. The first kappa shape index (κ1) is 16.8. The molecule has 0 atom stereocenters. The number of para-hydroxylation sites is 1. The van der Waals surface area contributed by atoms with E-state index < -0.39 is 0 Å². The summed E-state index contributed by atoms with van der Waals surface area (Å²) in [6.45, 7) is 8.91. The minimum absolute atomic E-state index is 0.000696. The van der Waals surface area contributed by atoms with Gasteiger partial charge in [-0.15, -0.1) is 0 Å². The van der Waals surface area contributed by atoms with Gasteiger partial charge in [-0.25, -0.2) is 0 Å². The Morgan fingerprint density at radius 2 is 2.00 bits per heavy atom. The second kappa shape index (κ2) is 8.15. The zero-order chi connectivity index (χ0) is 15.9. The first-order valence-corrected chi connectivity index (χ1v) is 7.99. The maximum absolute atomic E-state index is 12.5. The molecule has 122 valence electrons. The molecule has 1 aliphatic heterocycles. The van der Waals surface area contributed by atoms with E-state index in [9.17, 15) is 4.79 Å². The molecular weight excluding hydrogens is 278 g/mol. The molecule has 22 heavy (non-hydrogen) atoms. The van der Waals surface area contributed by atoms with Gasteiger partial charge in [0.25, 0.3) is 5.91 Å². The van der Waals surface area contributed by atoms with Crippen molar-refractivity contribution < 1.29 is 9.53 Å². The topological polar surface area (TPSA) is 44.8 Å². The van der Waals surface area contributed by atoms with Crippen LogP contribution in [0.2, 0.25) is 0 Å². The molecule has 0 spiro atoms. The summed E-state index contributed by atoms with van der Waals surface area (Å²) >= 11 is 0. The summed E-state index contributed by atoms with van der Waals surface area (Å²) < 4.78 is 5.39. The zero-order valence-electron chi connectivity index (χ0n) is 13.8. The van der Waals surface area contributed by atoms with Crippen LogP contribution in [-0.4, -0.2) is 63.3 Å². The van der Waals surface area contributed by atoms with Gasteiger partial charge in [0.05, 0.1) is 18.8 Å². The number of carbonyl (C=O) groups is 1. The Kier molecular flexibility index (Phi) is 6.21. The lowest BCUT2D eigenvalue weighted by Gasteiger charge is -2.30. The van der Waals surface area contributed by atoms with Gasteiger partial charge in [0.15, 0.2) is 0 Å². The highest BCUT2D eigenvalue weighted by molar-refractivity contribution is 5.99. The Labute approximate surface area is 133 Å². The smallest absolute Gasteiger partial charge is 0.253 e. The number of nitrogens with zero attached hydrogens (tertiary/aromatic N) is 2. The van der Waals surface area contributed by atoms with Crippen molar-refractivity contribution in [1.82, 2.24) is 10.2 Å². The highest BCUT2D eigenvalue weighted by Crippen LogP contribution is 2.21. The number of likely N-dealkylation sites (N-methyl/N-ethyl adjacent to an activating group) is 1. The summed E-state index contributed by atoms with van der Waals surface area (Å²) in [7, 11) is 2.07. The molecule has 1 aromatic rings. The Balaban J connectivity index is 1.97. The number of carbonyl (C=O) groups excluding carboxylic acids is 1. The van der Waals surface area contributed by atoms with Crippen LogP contribution >= 0.6 is 0 Å². The summed E-state index contributed by atoms with van der Waals surface area (Å²) in [5.41, 5.74) is 1.75. The number of anilines is 1. The number of amides is 1. The highest BCUT2D eigenvalue weighted by Gasteiger charge is 2.18. The van der Waals surface area contributed by atoms with E-state index in [4.69, 9.17) is 4.74 Å². The summed E-state index contributed by atoms with van der Waals surface area (Å²) in [6, 6.07) is 8.29. The highest BCUT2D eigenvalue weighted by atomic mass is 16.5. The lowest BCUT2D eigenvalue weighted by molar-refractivity contribution is 0.0946. The molecule has 0 aromatic heterocycles. The monoisotopic (exact) mass is 305 g/mol. The molecule has 1 fully saturated rings. The van der Waals surface area contributed by atoms with E-state index in [0.29, 0.717) is 12.6 Å². The number of benzene rings is 1. The van der Waals surface area contributed by atoms with Gasteiger partial charge in [0.1, 0.15) is 0 Å². The van der Waals surface area contributed by atoms with Gasteiger partial charge < -0.3 is 19.9 Å². The molecule has 0 radical (unpaired) electrons. The minimum atomic E-state index is -0.000696. The van der Waals surface area contributed by atoms with Crippen molar-refractivity contribution in [2.75, 3.05) is 51.3 Å². The summed E-state index contributed by atoms with van der Waals surface area (Å²) in [5, 5.41) is 3.03. The van der Waals surface area contributed by atoms with Crippen molar-refractivity contribution in [3.8, 4) is 0 Å². The first-order chi connectivity index (χ1) is 10.6. The maximum Gasteiger partial charge on any atom is 0.253 e. The predicted molar refractivity (Wildman–Crippen MR) is 89.6 cm³/mol. The maximum atomic E-state index is 12.5. The van der Waals surface area contributed by atoms with E-state index in [2.05, 4.69) is 36.0 Å². The van der Waals surface area contributed by atoms with Crippen LogP contribution in [-0.2, 0) is 4.74 Å². The molecule has 1 N–H and O–H groups in total. The number of hydrogen-bond donors (Lipinski definition) is 1. The molecule has 5 heteroatoms. The number of nitrogens with one attached hydrogen (secondary N) is 1. The fourth-order valence-electron chi connectivity index (χ4n) is 2.44. The Bertz CT molecular complexity index is 485. The fourth-order valence-corrected chi connectivity index (χ4v) is 2.44. The van der Waals surface area contributed by atoms with Crippen molar-refractivity contribution in [3.05, 3.63) is 29.8 Å². The summed E-state index contributed by atoms with van der Waals surface area (Å²) in [5.74, 6) is -0.000696. The van der Waals surface area contributed by atoms with Gasteiger partial charge in [0.2, 0.25) is 0 Å². The van der Waals surface area contributed by atoms with Gasteiger partial charge in [-0.05, 0) is 33.0 Å². The quantitative estimate of drug-likeness (QED) is 0.867. The van der Waals surface area contributed by atoms with E-state index >= 15 is 0 Å². The van der Waals surface area contributed by atoms with Crippen molar-refractivity contribution in [1.29, 1.82) is 0 Å². The van der Waals surface area contributed by atoms with Crippen molar-refractivity contribution in [2.45, 2.75) is 19.9 Å². The Morgan fingerprint density at radius 1 is 1.32 bits per heavy atom. The first-order valence-electron chi connectivity index (χ1n) is 7.99. The van der Waals surface area contributed by atoms with Crippen LogP contribution in [0.3, 0.4) is 0 Å². The van der Waals surface area contributed by atoms with E-state index in [0.717, 1.165) is 44.1 Å². The second-order valence-corrected chi connectivity index (χ2v) is 5.95. The van der Waals surface area contributed by atoms with Crippen molar-refractivity contribution in [2.24, 2.45) is 0 Å². The van der Waals surface area contributed by atoms with Crippen LogP contribution in [0.25, 0.3) is 0 Å². The zero-order valence-corrected chi connectivity index (χ0v) is 13.8. The molecule has 0 saturated carbocycles. The Hall–Kier alpha value is -1.59. The van der Waals surface area contributed by atoms with Crippen LogP contribution in [0.15, 0.2) is 24.3 Å². The second-order valence-electron chi connectivity index (χ2n) is 5.95. The van der Waals surface area contributed by atoms with Gasteiger partial charge in [-0.2, -0.15) is 0 Å². The molecule has 0 unspecified atom stereocenters. The van der Waals surface area contributed by atoms with Crippen molar-refractivity contribution >= 4 is 11.6 Å². The van der Waals surface area contributed by atoms with Crippen LogP contribution in [0.5, 0.6) is 0 Å². The van der Waals surface area contributed by atoms with E-state index in [1.54, 1.807) is 0 Å². The van der Waals surface area contributed by atoms with Crippen LogP contribution < -0.4 is 10.2 Å². The summed E-state index contributed by atoms with van der Waals surface area (Å²) in [4.78, 5) is 16.9. The van der Waals surface area contributed by atoms with Gasteiger partial charge in [0, 0.05) is 37.9 Å². The van der Waals surface area contributed by atoms with Crippen LogP contribution in [0.1, 0.15) is 24.2 Å². The van der Waals surface area contributed by atoms with Crippen LogP contribution in [0, 0.1) is 0 Å². The minimum Gasteiger partial charge on any atom is -0.378 e. The van der Waals surface area contributed by atoms with Gasteiger partial charge >= 0.3 is 0 Å². The summed E-state index contributed by atoms with van der Waals surface area (Å²) in [6.07, 6.45) is 0. The largest absolute Gasteiger partial charge is 0.378 e. The molecule has 0 bridgehead atoms. The molecule has 2 rings (SSSR count). The normalized spacial score (nSPS) is 15.4. The molecule has 1 aliphatic rings. The van der Waals surface area contributed by atoms with Crippen molar-refractivity contribution in [3.63, 3.8) is 0 Å². The number of rotatable bonds is 6. The van der Waals surface area contributed by atoms with Gasteiger partial charge in [-0.3, -0.25) is 4.79 Å². The molecule has 0 aliphatic carbocycles. The molecule has 5 nitrogen and oxygen atoms in total. The van der Waals surface area contributed by atoms with Gasteiger partial charge in [-0.1, -0.05) is 12.1 Å². The van der Waals surface area contributed by atoms with E-state index in [1.165, 1.54) is 0 Å². The third kappa shape index (κ3) is 4.45. The molecule has 1 saturated heterocycles. The molecular formula is C17H27N3O2. The van der Waals surface area contributed by atoms with Crippen LogP contribution in [0.4, 0.5) is 5.69 Å². The third-order valence-electron chi connectivity index (χ3n) is 4.13. The van der Waals surface area contributed by atoms with E-state index in [-0.39, 0.29) is 5.91 Å².